The van der Waals surface area contributed by atoms with E-state index in [2.05, 4.69) is 42.1 Å². The van der Waals surface area contributed by atoms with Crippen LogP contribution in [0.5, 0.6) is 0 Å². The van der Waals surface area contributed by atoms with E-state index in [-0.39, 0.29) is 0 Å². The summed E-state index contributed by atoms with van der Waals surface area (Å²) in [5.74, 6) is 2.58. The van der Waals surface area contributed by atoms with Crippen LogP contribution in [0.25, 0.3) is 0 Å². The lowest BCUT2D eigenvalue weighted by atomic mass is 10.0. The fourth-order valence-electron chi connectivity index (χ4n) is 2.26. The monoisotopic (exact) mass is 272 g/mol. The maximum absolute atomic E-state index is 5.68. The Hall–Kier alpha value is -1.61. The van der Waals surface area contributed by atoms with Crippen LogP contribution in [0.4, 0.5) is 0 Å². The second kappa shape index (κ2) is 7.25. The first kappa shape index (κ1) is 14.8. The summed E-state index contributed by atoms with van der Waals surface area (Å²) in [7, 11) is 2.18. The van der Waals surface area contributed by atoms with Crippen molar-refractivity contribution in [2.75, 3.05) is 20.1 Å². The van der Waals surface area contributed by atoms with Crippen LogP contribution in [0.15, 0.2) is 41.1 Å². The Kier molecular flexibility index (Phi) is 5.36. The maximum Gasteiger partial charge on any atom is 0.107 e. The highest BCUT2D eigenvalue weighted by molar-refractivity contribution is 5.10. The largest absolute Gasteiger partial charge is 0.466 e. The summed E-state index contributed by atoms with van der Waals surface area (Å²) < 4.78 is 5.68. The van der Waals surface area contributed by atoms with Crippen molar-refractivity contribution in [2.24, 2.45) is 0 Å². The van der Waals surface area contributed by atoms with Crippen molar-refractivity contribution in [3.8, 4) is 0 Å². The topological polar surface area (TPSA) is 29.3 Å². The fourth-order valence-corrected chi connectivity index (χ4v) is 2.26. The van der Waals surface area contributed by atoms with Crippen LogP contribution in [-0.2, 0) is 6.42 Å². The third-order valence-electron chi connectivity index (χ3n) is 3.72. The number of hydrogen-bond acceptors (Lipinski definition) is 3. The van der Waals surface area contributed by atoms with Gasteiger partial charge < -0.3 is 9.32 Å². The van der Waals surface area contributed by atoms with Gasteiger partial charge in [0.05, 0.1) is 0 Å². The van der Waals surface area contributed by atoms with Crippen LogP contribution in [-0.4, -0.2) is 30.0 Å². The van der Waals surface area contributed by atoms with E-state index in [9.17, 15) is 0 Å². The number of pyridine rings is 1. The molecule has 1 unspecified atom stereocenters. The molecule has 0 saturated carbocycles. The maximum atomic E-state index is 5.68. The van der Waals surface area contributed by atoms with E-state index in [1.807, 2.05) is 25.4 Å². The van der Waals surface area contributed by atoms with Gasteiger partial charge in [0.15, 0.2) is 0 Å². The first-order valence-corrected chi connectivity index (χ1v) is 7.29. The molecule has 0 aliphatic heterocycles. The highest BCUT2D eigenvalue weighted by atomic mass is 16.3. The zero-order valence-electron chi connectivity index (χ0n) is 12.7. The zero-order chi connectivity index (χ0) is 14.4. The second-order valence-corrected chi connectivity index (χ2v) is 5.55. The third-order valence-corrected chi connectivity index (χ3v) is 3.72. The highest BCUT2D eigenvalue weighted by Gasteiger charge is 2.10. The van der Waals surface area contributed by atoms with Crippen molar-refractivity contribution >= 4 is 0 Å². The molecular weight excluding hydrogens is 248 g/mol. The molecule has 0 fully saturated rings. The minimum Gasteiger partial charge on any atom is -0.466 e. The van der Waals surface area contributed by atoms with Gasteiger partial charge in [-0.2, -0.15) is 0 Å². The van der Waals surface area contributed by atoms with Gasteiger partial charge in [-0.15, -0.1) is 0 Å². The Morgan fingerprint density at radius 3 is 2.55 bits per heavy atom. The minimum absolute atomic E-state index is 0.479. The molecule has 1 atom stereocenters. The molecule has 0 aromatic carbocycles. The van der Waals surface area contributed by atoms with Crippen LogP contribution in [0, 0.1) is 6.92 Å². The zero-order valence-corrected chi connectivity index (χ0v) is 12.7. The Morgan fingerprint density at radius 1 is 1.15 bits per heavy atom. The first-order chi connectivity index (χ1) is 9.65. The number of rotatable bonds is 7. The standard InChI is InChI=1S/C17H24N2O/c1-14(17-5-4-15(2)20-17)8-12-19(3)13-9-16-6-10-18-11-7-16/h4-7,10-11,14H,8-9,12-13H2,1-3H3. The van der Waals surface area contributed by atoms with Gasteiger partial charge in [0.25, 0.3) is 0 Å². The second-order valence-electron chi connectivity index (χ2n) is 5.55. The number of aryl methyl sites for hydroxylation is 1. The van der Waals surface area contributed by atoms with E-state index in [0.717, 1.165) is 37.5 Å². The number of furan rings is 1. The lowest BCUT2D eigenvalue weighted by Gasteiger charge is -2.18. The molecule has 2 aromatic rings. The molecule has 0 aliphatic carbocycles. The molecule has 0 amide bonds. The molecule has 0 aliphatic rings. The van der Waals surface area contributed by atoms with Crippen LogP contribution < -0.4 is 0 Å². The van der Waals surface area contributed by atoms with Crippen molar-refractivity contribution in [2.45, 2.75) is 32.6 Å². The third kappa shape index (κ3) is 4.49. The molecule has 3 heteroatoms. The predicted octanol–water partition coefficient (Wildman–Crippen LogP) is 3.65. The van der Waals surface area contributed by atoms with Crippen molar-refractivity contribution in [3.05, 3.63) is 53.7 Å². The summed E-state index contributed by atoms with van der Waals surface area (Å²) in [6.07, 6.45) is 5.92. The molecule has 108 valence electrons. The van der Waals surface area contributed by atoms with Gasteiger partial charge in [0.1, 0.15) is 11.5 Å². The van der Waals surface area contributed by atoms with Crippen LogP contribution in [0.3, 0.4) is 0 Å². The summed E-state index contributed by atoms with van der Waals surface area (Å²) >= 11 is 0. The number of nitrogens with zero attached hydrogens (tertiary/aromatic N) is 2. The van der Waals surface area contributed by atoms with E-state index in [0.29, 0.717) is 5.92 Å². The summed E-state index contributed by atoms with van der Waals surface area (Å²) in [6.45, 7) is 6.39. The average molecular weight is 272 g/mol. The smallest absolute Gasteiger partial charge is 0.107 e. The van der Waals surface area contributed by atoms with Crippen LogP contribution in [0.2, 0.25) is 0 Å². The van der Waals surface area contributed by atoms with Gasteiger partial charge in [-0.1, -0.05) is 6.92 Å². The van der Waals surface area contributed by atoms with Crippen LogP contribution >= 0.6 is 0 Å². The Balaban J connectivity index is 1.71. The number of hydrogen-bond donors (Lipinski definition) is 0. The molecule has 2 rings (SSSR count). The van der Waals surface area contributed by atoms with E-state index in [1.54, 1.807) is 0 Å². The van der Waals surface area contributed by atoms with Crippen molar-refractivity contribution in [3.63, 3.8) is 0 Å². The van der Waals surface area contributed by atoms with Gasteiger partial charge in [0, 0.05) is 24.9 Å². The lowest BCUT2D eigenvalue weighted by molar-refractivity contribution is 0.315. The Bertz CT molecular complexity index is 507. The van der Waals surface area contributed by atoms with Gasteiger partial charge in [-0.3, -0.25) is 4.98 Å². The molecule has 2 aromatic heterocycles. The Labute approximate surface area is 121 Å². The molecule has 0 N–H and O–H groups in total. The minimum atomic E-state index is 0.479. The summed E-state index contributed by atoms with van der Waals surface area (Å²) in [5.41, 5.74) is 1.35. The van der Waals surface area contributed by atoms with Crippen molar-refractivity contribution < 1.29 is 4.42 Å². The highest BCUT2D eigenvalue weighted by Crippen LogP contribution is 2.21. The molecular formula is C17H24N2O. The SMILES string of the molecule is Cc1ccc(C(C)CCN(C)CCc2ccncc2)o1. The molecule has 3 nitrogen and oxygen atoms in total. The van der Waals surface area contributed by atoms with Gasteiger partial charge in [-0.05, 0) is 63.2 Å². The van der Waals surface area contributed by atoms with Crippen molar-refractivity contribution in [1.82, 2.24) is 9.88 Å². The predicted molar refractivity (Wildman–Crippen MR) is 81.9 cm³/mol. The molecule has 0 radical (unpaired) electrons. The van der Waals surface area contributed by atoms with Crippen molar-refractivity contribution in [1.29, 1.82) is 0 Å². The van der Waals surface area contributed by atoms with E-state index >= 15 is 0 Å². The molecule has 0 spiro atoms. The van der Waals surface area contributed by atoms with E-state index < -0.39 is 0 Å². The lowest BCUT2D eigenvalue weighted by Crippen LogP contribution is -2.23. The average Bonchev–Trinajstić information content (AvgIpc) is 2.90. The van der Waals surface area contributed by atoms with Gasteiger partial charge in [-0.25, -0.2) is 0 Å². The summed E-state index contributed by atoms with van der Waals surface area (Å²) in [5, 5.41) is 0. The van der Waals surface area contributed by atoms with Crippen LogP contribution in [0.1, 0.15) is 36.3 Å². The normalized spacial score (nSPS) is 12.8. The number of likely N-dealkylation sites (N-methyl/N-ethyl adjacent to an activating group) is 1. The van der Waals surface area contributed by atoms with E-state index in [4.69, 9.17) is 4.42 Å². The summed E-state index contributed by atoms with van der Waals surface area (Å²) in [4.78, 5) is 6.43. The number of aromatic nitrogens is 1. The summed E-state index contributed by atoms with van der Waals surface area (Å²) in [6, 6.07) is 8.31. The molecule has 2 heterocycles. The molecule has 0 bridgehead atoms. The van der Waals surface area contributed by atoms with E-state index in [1.165, 1.54) is 5.56 Å². The Morgan fingerprint density at radius 2 is 1.90 bits per heavy atom. The van der Waals surface area contributed by atoms with Gasteiger partial charge in [0.2, 0.25) is 0 Å². The molecule has 0 saturated heterocycles. The fraction of sp³-hybridized carbons (Fsp3) is 0.471. The van der Waals surface area contributed by atoms with Gasteiger partial charge >= 0.3 is 0 Å². The quantitative estimate of drug-likeness (QED) is 0.770. The molecule has 20 heavy (non-hydrogen) atoms. The first-order valence-electron chi connectivity index (χ1n) is 7.29.